The molecule has 0 bridgehead atoms. The summed E-state index contributed by atoms with van der Waals surface area (Å²) in [5.74, 6) is 2.28. The highest BCUT2D eigenvalue weighted by Gasteiger charge is 2.37. The number of carbonyl (C=O) groups is 3. The molecular formula is C26H23ClN2O5S. The molecule has 0 aliphatic carbocycles. The predicted octanol–water partition coefficient (Wildman–Crippen LogP) is 4.37. The summed E-state index contributed by atoms with van der Waals surface area (Å²) < 4.78 is 11.1. The maximum Gasteiger partial charge on any atom is 0.294 e. The van der Waals surface area contributed by atoms with Gasteiger partial charge in [-0.05, 0) is 60.0 Å². The van der Waals surface area contributed by atoms with Crippen molar-refractivity contribution in [2.45, 2.75) is 19.9 Å². The van der Waals surface area contributed by atoms with E-state index in [-0.39, 0.29) is 29.0 Å². The third kappa shape index (κ3) is 5.47. The van der Waals surface area contributed by atoms with Crippen LogP contribution in [0, 0.1) is 12.3 Å². The Morgan fingerprint density at radius 1 is 1.23 bits per heavy atom. The van der Waals surface area contributed by atoms with E-state index in [0.29, 0.717) is 36.8 Å². The van der Waals surface area contributed by atoms with Crippen LogP contribution in [-0.2, 0) is 22.6 Å². The molecule has 0 N–H and O–H groups in total. The van der Waals surface area contributed by atoms with Crippen molar-refractivity contribution in [3.63, 3.8) is 0 Å². The SMILES string of the molecule is C#CCOc1c(Cl)cc(/C=C2\SC(=O)N(CC(=O)N3CCc4ccccc4C3)C2=O)cc1OCC. The van der Waals surface area contributed by atoms with Gasteiger partial charge in [-0.2, -0.15) is 0 Å². The first-order chi connectivity index (χ1) is 16.9. The molecule has 1 saturated heterocycles. The lowest BCUT2D eigenvalue weighted by Gasteiger charge is -2.29. The molecule has 9 heteroatoms. The number of benzene rings is 2. The Hall–Kier alpha value is -3.41. The summed E-state index contributed by atoms with van der Waals surface area (Å²) in [7, 11) is 0. The van der Waals surface area contributed by atoms with Crippen molar-refractivity contribution >= 4 is 46.5 Å². The van der Waals surface area contributed by atoms with E-state index in [9.17, 15) is 14.4 Å². The zero-order valence-electron chi connectivity index (χ0n) is 19.1. The van der Waals surface area contributed by atoms with Crippen molar-refractivity contribution in [3.05, 3.63) is 63.0 Å². The summed E-state index contributed by atoms with van der Waals surface area (Å²) in [6.45, 7) is 2.92. The Bertz CT molecular complexity index is 1250. The van der Waals surface area contributed by atoms with Crippen LogP contribution < -0.4 is 9.47 Å². The Balaban J connectivity index is 1.49. The van der Waals surface area contributed by atoms with Crippen molar-refractivity contribution in [3.8, 4) is 23.8 Å². The van der Waals surface area contributed by atoms with Gasteiger partial charge < -0.3 is 14.4 Å². The van der Waals surface area contributed by atoms with E-state index in [4.69, 9.17) is 27.5 Å². The van der Waals surface area contributed by atoms with Gasteiger partial charge in [-0.1, -0.05) is 41.8 Å². The molecule has 180 valence electrons. The minimum atomic E-state index is -0.521. The molecule has 7 nitrogen and oxygen atoms in total. The van der Waals surface area contributed by atoms with Crippen LogP contribution in [0.4, 0.5) is 4.79 Å². The van der Waals surface area contributed by atoms with E-state index >= 15 is 0 Å². The molecule has 1 fully saturated rings. The number of terminal acetylenes is 1. The van der Waals surface area contributed by atoms with Gasteiger partial charge in [-0.3, -0.25) is 19.3 Å². The summed E-state index contributed by atoms with van der Waals surface area (Å²) in [6, 6.07) is 11.2. The molecule has 2 heterocycles. The average Bonchev–Trinajstić information content (AvgIpc) is 3.10. The molecule has 0 radical (unpaired) electrons. The minimum absolute atomic E-state index is 0.0225. The summed E-state index contributed by atoms with van der Waals surface area (Å²) in [4.78, 5) is 41.3. The molecule has 0 unspecified atom stereocenters. The van der Waals surface area contributed by atoms with Gasteiger partial charge in [0.1, 0.15) is 13.2 Å². The lowest BCUT2D eigenvalue weighted by molar-refractivity contribution is -0.136. The topological polar surface area (TPSA) is 76.2 Å². The zero-order chi connectivity index (χ0) is 24.9. The Kier molecular flexibility index (Phi) is 7.69. The molecule has 2 aliphatic heterocycles. The molecule has 35 heavy (non-hydrogen) atoms. The van der Waals surface area contributed by atoms with E-state index in [1.807, 2.05) is 25.1 Å². The van der Waals surface area contributed by atoms with Gasteiger partial charge in [0.2, 0.25) is 5.91 Å². The first-order valence-electron chi connectivity index (χ1n) is 11.0. The Labute approximate surface area is 213 Å². The lowest BCUT2D eigenvalue weighted by atomic mass is 10.00. The molecule has 0 aromatic heterocycles. The number of hydrogen-bond donors (Lipinski definition) is 0. The molecule has 2 aromatic rings. The van der Waals surface area contributed by atoms with Gasteiger partial charge in [-0.15, -0.1) is 6.42 Å². The number of halogens is 1. The minimum Gasteiger partial charge on any atom is -0.490 e. The van der Waals surface area contributed by atoms with Gasteiger partial charge in [-0.25, -0.2) is 0 Å². The van der Waals surface area contributed by atoms with Crippen molar-refractivity contribution in [1.29, 1.82) is 0 Å². The van der Waals surface area contributed by atoms with Crippen LogP contribution in [0.25, 0.3) is 6.08 Å². The van der Waals surface area contributed by atoms with E-state index in [1.54, 1.807) is 23.1 Å². The molecule has 4 rings (SSSR count). The zero-order valence-corrected chi connectivity index (χ0v) is 20.7. The Morgan fingerprint density at radius 2 is 2.00 bits per heavy atom. The van der Waals surface area contributed by atoms with Gasteiger partial charge in [0, 0.05) is 13.1 Å². The third-order valence-electron chi connectivity index (χ3n) is 5.58. The average molecular weight is 511 g/mol. The summed E-state index contributed by atoms with van der Waals surface area (Å²) >= 11 is 7.14. The quantitative estimate of drug-likeness (QED) is 0.406. The normalized spacial score (nSPS) is 16.3. The molecule has 2 aliphatic rings. The van der Waals surface area contributed by atoms with Gasteiger partial charge in [0.25, 0.3) is 11.1 Å². The van der Waals surface area contributed by atoms with E-state index in [2.05, 4.69) is 12.0 Å². The lowest BCUT2D eigenvalue weighted by Crippen LogP contribution is -2.44. The van der Waals surface area contributed by atoms with Crippen molar-refractivity contribution in [2.24, 2.45) is 0 Å². The first-order valence-corrected chi connectivity index (χ1v) is 12.2. The monoisotopic (exact) mass is 510 g/mol. The van der Waals surface area contributed by atoms with Crippen LogP contribution in [0.3, 0.4) is 0 Å². The summed E-state index contributed by atoms with van der Waals surface area (Å²) in [5, 5.41) is -0.227. The van der Waals surface area contributed by atoms with Crippen LogP contribution in [-0.4, -0.2) is 53.2 Å². The van der Waals surface area contributed by atoms with Gasteiger partial charge in [0.05, 0.1) is 16.5 Å². The van der Waals surface area contributed by atoms with E-state index in [1.165, 1.54) is 5.56 Å². The smallest absolute Gasteiger partial charge is 0.294 e. The number of carbonyl (C=O) groups excluding carboxylic acids is 3. The van der Waals surface area contributed by atoms with Gasteiger partial charge in [0.15, 0.2) is 11.5 Å². The maximum absolute atomic E-state index is 13.0. The molecule has 0 spiro atoms. The van der Waals surface area contributed by atoms with Crippen molar-refractivity contribution in [2.75, 3.05) is 26.3 Å². The van der Waals surface area contributed by atoms with Crippen molar-refractivity contribution in [1.82, 2.24) is 9.80 Å². The van der Waals surface area contributed by atoms with Crippen LogP contribution in [0.1, 0.15) is 23.6 Å². The molecule has 0 saturated carbocycles. The third-order valence-corrected chi connectivity index (χ3v) is 6.77. The largest absolute Gasteiger partial charge is 0.490 e. The fraction of sp³-hybridized carbons (Fsp3) is 0.269. The highest BCUT2D eigenvalue weighted by atomic mass is 35.5. The molecule has 3 amide bonds. The first kappa shape index (κ1) is 24.7. The Morgan fingerprint density at radius 3 is 2.74 bits per heavy atom. The van der Waals surface area contributed by atoms with Crippen LogP contribution >= 0.6 is 23.4 Å². The number of imide groups is 1. The van der Waals surface area contributed by atoms with Gasteiger partial charge >= 0.3 is 0 Å². The number of nitrogens with zero attached hydrogens (tertiary/aromatic N) is 2. The van der Waals surface area contributed by atoms with Crippen LogP contribution in [0.15, 0.2) is 41.3 Å². The second-order valence-corrected chi connectivity index (χ2v) is 9.26. The second kappa shape index (κ2) is 10.9. The number of rotatable bonds is 7. The molecule has 0 atom stereocenters. The van der Waals surface area contributed by atoms with Crippen LogP contribution in [0.5, 0.6) is 11.5 Å². The standard InChI is InChI=1S/C26H23ClN2O5S/c1-3-11-34-24-20(27)12-17(13-21(24)33-4-2)14-22-25(31)29(26(32)35-22)16-23(30)28-10-9-18-7-5-6-8-19(18)15-28/h1,5-8,12-14H,4,9-11,15-16H2,2H3/b22-14-. The van der Waals surface area contributed by atoms with E-state index < -0.39 is 11.1 Å². The van der Waals surface area contributed by atoms with E-state index in [0.717, 1.165) is 28.6 Å². The van der Waals surface area contributed by atoms with Crippen molar-refractivity contribution < 1.29 is 23.9 Å². The maximum atomic E-state index is 13.0. The number of thioether (sulfide) groups is 1. The summed E-state index contributed by atoms with van der Waals surface area (Å²) in [5.41, 5.74) is 2.85. The number of fused-ring (bicyclic) bond motifs is 1. The predicted molar refractivity (Wildman–Crippen MR) is 135 cm³/mol. The number of amides is 3. The fourth-order valence-corrected chi connectivity index (χ4v) is 5.03. The molecular weight excluding hydrogens is 488 g/mol. The summed E-state index contributed by atoms with van der Waals surface area (Å²) in [6.07, 6.45) is 7.55. The highest BCUT2D eigenvalue weighted by molar-refractivity contribution is 8.18. The second-order valence-electron chi connectivity index (χ2n) is 7.86. The fourth-order valence-electron chi connectivity index (χ4n) is 3.92. The van der Waals surface area contributed by atoms with Crippen LogP contribution in [0.2, 0.25) is 5.02 Å². The highest BCUT2D eigenvalue weighted by Crippen LogP contribution is 2.39. The number of hydrogen-bond acceptors (Lipinski definition) is 6. The molecule has 2 aromatic carbocycles. The number of ether oxygens (including phenoxy) is 2.